The number of hydrogen-bond acceptors (Lipinski definition) is 2. The number of nitrogens with zero attached hydrogens (tertiary/aromatic N) is 1. The molecular weight excluding hydrogens is 288 g/mol. The summed E-state index contributed by atoms with van der Waals surface area (Å²) in [7, 11) is 2.21. The van der Waals surface area contributed by atoms with Gasteiger partial charge in [-0.05, 0) is 62.5 Å². The van der Waals surface area contributed by atoms with Crippen molar-refractivity contribution < 1.29 is 0 Å². The van der Waals surface area contributed by atoms with Crippen LogP contribution >= 0.6 is 15.9 Å². The van der Waals surface area contributed by atoms with Crippen molar-refractivity contribution in [1.82, 2.24) is 10.2 Å². The van der Waals surface area contributed by atoms with E-state index in [1.165, 1.54) is 48.0 Å². The third kappa shape index (κ3) is 2.49. The van der Waals surface area contributed by atoms with Crippen molar-refractivity contribution in [1.29, 1.82) is 0 Å². The van der Waals surface area contributed by atoms with Gasteiger partial charge in [0.2, 0.25) is 0 Å². The molecule has 0 bridgehead atoms. The number of nitrogens with one attached hydrogen (secondary N) is 1. The molecule has 0 aliphatic carbocycles. The summed E-state index contributed by atoms with van der Waals surface area (Å²) in [4.78, 5) is 2.42. The van der Waals surface area contributed by atoms with E-state index in [0.717, 1.165) is 6.54 Å². The van der Waals surface area contributed by atoms with Crippen molar-refractivity contribution >= 4 is 15.9 Å². The summed E-state index contributed by atoms with van der Waals surface area (Å²) in [6.45, 7) is 3.58. The SMILES string of the molecule is CN1CCC(c2ccc(C3CCCN3)cc2Br)C1. The quantitative estimate of drug-likeness (QED) is 0.902. The first kappa shape index (κ1) is 12.6. The lowest BCUT2D eigenvalue weighted by molar-refractivity contribution is 0.411. The van der Waals surface area contributed by atoms with Gasteiger partial charge in [0.05, 0.1) is 0 Å². The maximum atomic E-state index is 3.78. The first-order valence-electron chi connectivity index (χ1n) is 6.95. The molecular formula is C15H21BrN2. The van der Waals surface area contributed by atoms with Gasteiger partial charge in [-0.2, -0.15) is 0 Å². The lowest BCUT2D eigenvalue weighted by atomic mass is 9.95. The van der Waals surface area contributed by atoms with Crippen molar-refractivity contribution in [3.63, 3.8) is 0 Å². The Bertz CT molecular complexity index is 427. The third-order valence-corrected chi connectivity index (χ3v) is 5.01. The summed E-state index contributed by atoms with van der Waals surface area (Å²) in [5, 5.41) is 3.57. The minimum atomic E-state index is 0.571. The van der Waals surface area contributed by atoms with E-state index in [4.69, 9.17) is 0 Å². The maximum Gasteiger partial charge on any atom is 0.0321 e. The molecule has 0 saturated carbocycles. The second kappa shape index (κ2) is 5.32. The van der Waals surface area contributed by atoms with Gasteiger partial charge in [-0.25, -0.2) is 0 Å². The molecule has 0 spiro atoms. The summed E-state index contributed by atoms with van der Waals surface area (Å²) in [6, 6.07) is 7.56. The zero-order valence-electron chi connectivity index (χ0n) is 11.0. The van der Waals surface area contributed by atoms with Crippen LogP contribution in [0.1, 0.15) is 42.3 Å². The Labute approximate surface area is 118 Å². The number of benzene rings is 1. The average Bonchev–Trinajstić information content (AvgIpc) is 2.99. The van der Waals surface area contributed by atoms with E-state index in [1.54, 1.807) is 0 Å². The van der Waals surface area contributed by atoms with Gasteiger partial charge < -0.3 is 10.2 Å². The second-order valence-corrected chi connectivity index (χ2v) is 6.53. The van der Waals surface area contributed by atoms with Gasteiger partial charge in [0.25, 0.3) is 0 Å². The lowest BCUT2D eigenvalue weighted by Crippen LogP contribution is -2.14. The van der Waals surface area contributed by atoms with Gasteiger partial charge in [-0.1, -0.05) is 28.1 Å². The molecule has 2 aliphatic heterocycles. The standard InChI is InChI=1S/C15H21BrN2/c1-18-8-6-12(10-18)13-5-4-11(9-14(13)16)15-3-2-7-17-15/h4-5,9,12,15,17H,2-3,6-8,10H2,1H3. The van der Waals surface area contributed by atoms with Crippen LogP contribution in [0.25, 0.3) is 0 Å². The van der Waals surface area contributed by atoms with Gasteiger partial charge in [0, 0.05) is 17.1 Å². The van der Waals surface area contributed by atoms with E-state index in [-0.39, 0.29) is 0 Å². The van der Waals surface area contributed by atoms with Crippen molar-refractivity contribution in [2.45, 2.75) is 31.2 Å². The average molecular weight is 309 g/mol. The molecule has 0 radical (unpaired) electrons. The van der Waals surface area contributed by atoms with Gasteiger partial charge in [-0.3, -0.25) is 0 Å². The first-order valence-corrected chi connectivity index (χ1v) is 7.74. The molecule has 0 aromatic heterocycles. The van der Waals surface area contributed by atoms with Crippen LogP contribution in [0.4, 0.5) is 0 Å². The summed E-state index contributed by atoms with van der Waals surface area (Å²) in [5.41, 5.74) is 2.93. The van der Waals surface area contributed by atoms with Crippen molar-refractivity contribution in [3.05, 3.63) is 33.8 Å². The Balaban J connectivity index is 1.80. The number of likely N-dealkylation sites (N-methyl/N-ethyl adjacent to an activating group) is 1. The van der Waals surface area contributed by atoms with Gasteiger partial charge in [0.15, 0.2) is 0 Å². The Kier molecular flexibility index (Phi) is 3.73. The molecule has 2 unspecified atom stereocenters. The Morgan fingerprint density at radius 1 is 1.33 bits per heavy atom. The van der Waals surface area contributed by atoms with E-state index in [1.807, 2.05) is 0 Å². The molecule has 98 valence electrons. The zero-order valence-corrected chi connectivity index (χ0v) is 12.5. The van der Waals surface area contributed by atoms with E-state index in [9.17, 15) is 0 Å². The van der Waals surface area contributed by atoms with Crippen molar-refractivity contribution in [2.24, 2.45) is 0 Å². The molecule has 3 heteroatoms. The fourth-order valence-electron chi connectivity index (χ4n) is 3.25. The summed E-state index contributed by atoms with van der Waals surface area (Å²) < 4.78 is 1.30. The molecule has 1 N–H and O–H groups in total. The minimum Gasteiger partial charge on any atom is -0.310 e. The molecule has 2 heterocycles. The summed E-state index contributed by atoms with van der Waals surface area (Å²) >= 11 is 3.78. The van der Waals surface area contributed by atoms with Gasteiger partial charge in [0.1, 0.15) is 0 Å². The summed E-state index contributed by atoms with van der Waals surface area (Å²) in [5.74, 6) is 0.704. The fourth-order valence-corrected chi connectivity index (χ4v) is 3.97. The summed E-state index contributed by atoms with van der Waals surface area (Å²) in [6.07, 6.45) is 3.87. The van der Waals surface area contributed by atoms with Gasteiger partial charge >= 0.3 is 0 Å². The molecule has 18 heavy (non-hydrogen) atoms. The van der Waals surface area contributed by atoms with Crippen LogP contribution in [-0.2, 0) is 0 Å². The minimum absolute atomic E-state index is 0.571. The van der Waals surface area contributed by atoms with Crippen LogP contribution in [0.2, 0.25) is 0 Å². The normalized spacial score (nSPS) is 29.0. The Hall–Kier alpha value is -0.380. The number of hydrogen-bond donors (Lipinski definition) is 1. The molecule has 2 atom stereocenters. The van der Waals surface area contributed by atoms with Crippen LogP contribution in [0.5, 0.6) is 0 Å². The molecule has 1 aromatic carbocycles. The van der Waals surface area contributed by atoms with E-state index in [0.29, 0.717) is 12.0 Å². The van der Waals surface area contributed by atoms with Crippen LogP contribution in [-0.4, -0.2) is 31.6 Å². The lowest BCUT2D eigenvalue weighted by Gasteiger charge is -2.16. The molecule has 2 saturated heterocycles. The molecule has 2 nitrogen and oxygen atoms in total. The predicted octanol–water partition coefficient (Wildman–Crippen LogP) is 3.29. The largest absolute Gasteiger partial charge is 0.310 e. The van der Waals surface area contributed by atoms with Gasteiger partial charge in [-0.15, -0.1) is 0 Å². The van der Waals surface area contributed by atoms with Crippen molar-refractivity contribution in [2.75, 3.05) is 26.7 Å². The molecule has 2 fully saturated rings. The van der Waals surface area contributed by atoms with Crippen molar-refractivity contribution in [3.8, 4) is 0 Å². The number of rotatable bonds is 2. The zero-order chi connectivity index (χ0) is 12.5. The fraction of sp³-hybridized carbons (Fsp3) is 0.600. The number of likely N-dealkylation sites (tertiary alicyclic amines) is 1. The molecule has 2 aliphatic rings. The third-order valence-electron chi connectivity index (χ3n) is 4.32. The topological polar surface area (TPSA) is 15.3 Å². The van der Waals surface area contributed by atoms with Crippen LogP contribution in [0, 0.1) is 0 Å². The highest BCUT2D eigenvalue weighted by Gasteiger charge is 2.24. The Morgan fingerprint density at radius 2 is 2.22 bits per heavy atom. The second-order valence-electron chi connectivity index (χ2n) is 5.68. The predicted molar refractivity (Wildman–Crippen MR) is 79.0 cm³/mol. The highest BCUT2D eigenvalue weighted by atomic mass is 79.9. The van der Waals surface area contributed by atoms with Crippen LogP contribution in [0.3, 0.4) is 0 Å². The molecule has 3 rings (SSSR count). The van der Waals surface area contributed by atoms with Crippen LogP contribution in [0.15, 0.2) is 22.7 Å². The smallest absolute Gasteiger partial charge is 0.0321 e. The Morgan fingerprint density at radius 3 is 2.83 bits per heavy atom. The highest BCUT2D eigenvalue weighted by Crippen LogP contribution is 2.34. The first-order chi connectivity index (χ1) is 8.74. The van der Waals surface area contributed by atoms with E-state index >= 15 is 0 Å². The van der Waals surface area contributed by atoms with E-state index < -0.39 is 0 Å². The monoisotopic (exact) mass is 308 g/mol. The van der Waals surface area contributed by atoms with E-state index in [2.05, 4.69) is 51.4 Å². The van der Waals surface area contributed by atoms with Crippen LogP contribution < -0.4 is 5.32 Å². The molecule has 1 aromatic rings. The maximum absolute atomic E-state index is 3.78. The number of halogens is 1. The highest BCUT2D eigenvalue weighted by molar-refractivity contribution is 9.10. The molecule has 0 amide bonds.